The Morgan fingerprint density at radius 2 is 2.16 bits per heavy atom. The summed E-state index contributed by atoms with van der Waals surface area (Å²) in [5, 5.41) is 4.24. The molecule has 0 bridgehead atoms. The molecule has 1 amide bonds. The quantitative estimate of drug-likeness (QED) is 0.811. The van der Waals surface area contributed by atoms with E-state index in [4.69, 9.17) is 16.1 Å². The summed E-state index contributed by atoms with van der Waals surface area (Å²) in [7, 11) is 1.73. The molecule has 0 saturated heterocycles. The van der Waals surface area contributed by atoms with E-state index in [0.29, 0.717) is 17.3 Å². The number of aryl methyl sites for hydroxylation is 2. The van der Waals surface area contributed by atoms with Crippen molar-refractivity contribution in [1.29, 1.82) is 0 Å². The lowest BCUT2D eigenvalue weighted by molar-refractivity contribution is 0.0784. The van der Waals surface area contributed by atoms with Gasteiger partial charge in [0.05, 0.1) is 17.8 Å². The fourth-order valence-corrected chi connectivity index (χ4v) is 1.87. The van der Waals surface area contributed by atoms with Crippen molar-refractivity contribution in [2.75, 3.05) is 7.05 Å². The fourth-order valence-electron chi connectivity index (χ4n) is 1.76. The molecule has 6 heteroatoms. The third kappa shape index (κ3) is 2.93. The van der Waals surface area contributed by atoms with Crippen LogP contribution in [0.15, 0.2) is 22.9 Å². The molecule has 0 fully saturated rings. The smallest absolute Gasteiger partial charge is 0.255 e. The second kappa shape index (κ2) is 5.40. The highest BCUT2D eigenvalue weighted by atomic mass is 35.5. The molecule has 0 saturated carbocycles. The first-order valence-corrected chi connectivity index (χ1v) is 6.15. The van der Waals surface area contributed by atoms with Gasteiger partial charge in [-0.1, -0.05) is 16.8 Å². The maximum Gasteiger partial charge on any atom is 0.255 e. The van der Waals surface area contributed by atoms with Gasteiger partial charge in [0.25, 0.3) is 5.91 Å². The van der Waals surface area contributed by atoms with Crippen molar-refractivity contribution in [3.63, 3.8) is 0 Å². The number of pyridine rings is 1. The molecule has 0 N–H and O–H groups in total. The van der Waals surface area contributed by atoms with Gasteiger partial charge in [0.1, 0.15) is 10.9 Å². The van der Waals surface area contributed by atoms with Gasteiger partial charge in [-0.15, -0.1) is 0 Å². The fraction of sp³-hybridized carbons (Fsp3) is 0.308. The summed E-state index contributed by atoms with van der Waals surface area (Å²) in [6.07, 6.45) is 1.47. The molecule has 0 spiro atoms. The SMILES string of the molecule is Cc1noc(C)c1CN(C)C(=O)c1ccc(Cl)nc1. The maximum absolute atomic E-state index is 12.2. The molecule has 5 nitrogen and oxygen atoms in total. The standard InChI is InChI=1S/C13H14ClN3O2/c1-8-11(9(2)19-16-8)7-17(3)13(18)10-4-5-12(14)15-6-10/h4-6H,7H2,1-3H3. The summed E-state index contributed by atoms with van der Waals surface area (Å²) in [6, 6.07) is 3.25. The normalized spacial score (nSPS) is 10.5. The summed E-state index contributed by atoms with van der Waals surface area (Å²) in [5.41, 5.74) is 2.22. The zero-order valence-corrected chi connectivity index (χ0v) is 11.7. The van der Waals surface area contributed by atoms with E-state index in [2.05, 4.69) is 10.1 Å². The van der Waals surface area contributed by atoms with E-state index in [0.717, 1.165) is 17.0 Å². The van der Waals surface area contributed by atoms with Crippen molar-refractivity contribution < 1.29 is 9.32 Å². The Balaban J connectivity index is 2.14. The number of amides is 1. The molecule has 0 aliphatic rings. The van der Waals surface area contributed by atoms with Crippen molar-refractivity contribution in [1.82, 2.24) is 15.0 Å². The van der Waals surface area contributed by atoms with Crippen molar-refractivity contribution in [3.8, 4) is 0 Å². The predicted molar refractivity (Wildman–Crippen MR) is 71.0 cm³/mol. The average molecular weight is 280 g/mol. The van der Waals surface area contributed by atoms with Gasteiger partial charge >= 0.3 is 0 Å². The van der Waals surface area contributed by atoms with Crippen molar-refractivity contribution in [3.05, 3.63) is 46.1 Å². The van der Waals surface area contributed by atoms with Crippen LogP contribution in [0.4, 0.5) is 0 Å². The molecule has 0 atom stereocenters. The van der Waals surface area contributed by atoms with Gasteiger partial charge < -0.3 is 9.42 Å². The summed E-state index contributed by atoms with van der Waals surface area (Å²) in [5.74, 6) is 0.607. The highest BCUT2D eigenvalue weighted by molar-refractivity contribution is 6.29. The van der Waals surface area contributed by atoms with E-state index < -0.39 is 0 Å². The molecule has 0 aliphatic carbocycles. The van der Waals surface area contributed by atoms with E-state index in [1.807, 2.05) is 13.8 Å². The second-order valence-corrected chi connectivity index (χ2v) is 4.72. The highest BCUT2D eigenvalue weighted by Crippen LogP contribution is 2.16. The second-order valence-electron chi connectivity index (χ2n) is 4.33. The van der Waals surface area contributed by atoms with E-state index in [-0.39, 0.29) is 5.91 Å². The number of carbonyl (C=O) groups is 1. The molecule has 0 radical (unpaired) electrons. The third-order valence-electron chi connectivity index (χ3n) is 2.90. The summed E-state index contributed by atoms with van der Waals surface area (Å²) in [4.78, 5) is 17.7. The third-order valence-corrected chi connectivity index (χ3v) is 3.12. The molecule has 0 aliphatic heterocycles. The minimum absolute atomic E-state index is 0.121. The molecule has 2 heterocycles. The van der Waals surface area contributed by atoms with Gasteiger partial charge in [0.2, 0.25) is 0 Å². The van der Waals surface area contributed by atoms with Gasteiger partial charge in [0, 0.05) is 18.8 Å². The van der Waals surface area contributed by atoms with Crippen LogP contribution in [0, 0.1) is 13.8 Å². The van der Waals surface area contributed by atoms with E-state index in [1.54, 1.807) is 24.1 Å². The predicted octanol–water partition coefficient (Wildman–Crippen LogP) is 2.61. The van der Waals surface area contributed by atoms with Gasteiger partial charge in [-0.2, -0.15) is 0 Å². The topological polar surface area (TPSA) is 59.2 Å². The molecular formula is C13H14ClN3O2. The zero-order chi connectivity index (χ0) is 14.0. The molecule has 0 aromatic carbocycles. The minimum Gasteiger partial charge on any atom is -0.361 e. The molecule has 2 rings (SSSR count). The summed E-state index contributed by atoms with van der Waals surface area (Å²) < 4.78 is 5.08. The number of rotatable bonds is 3. The maximum atomic E-state index is 12.2. The summed E-state index contributed by atoms with van der Waals surface area (Å²) in [6.45, 7) is 4.13. The summed E-state index contributed by atoms with van der Waals surface area (Å²) >= 11 is 5.70. The van der Waals surface area contributed by atoms with Crippen LogP contribution < -0.4 is 0 Å². The average Bonchev–Trinajstić information content (AvgIpc) is 2.70. The Morgan fingerprint density at radius 3 is 2.68 bits per heavy atom. The Kier molecular flexibility index (Phi) is 3.85. The molecule has 2 aromatic rings. The minimum atomic E-state index is -0.121. The van der Waals surface area contributed by atoms with Gasteiger partial charge in [-0.25, -0.2) is 4.98 Å². The molecule has 0 unspecified atom stereocenters. The lowest BCUT2D eigenvalue weighted by atomic mass is 10.2. The molecule has 2 aromatic heterocycles. The molecular weight excluding hydrogens is 266 g/mol. The number of carbonyl (C=O) groups excluding carboxylic acids is 1. The molecule has 19 heavy (non-hydrogen) atoms. The van der Waals surface area contributed by atoms with Gasteiger partial charge in [-0.3, -0.25) is 4.79 Å². The Morgan fingerprint density at radius 1 is 1.42 bits per heavy atom. The number of aromatic nitrogens is 2. The number of hydrogen-bond acceptors (Lipinski definition) is 4. The van der Waals surface area contributed by atoms with Crippen LogP contribution in [0.3, 0.4) is 0 Å². The largest absolute Gasteiger partial charge is 0.361 e. The number of nitrogens with zero attached hydrogens (tertiary/aromatic N) is 3. The van der Waals surface area contributed by atoms with Crippen molar-refractivity contribution >= 4 is 17.5 Å². The zero-order valence-electron chi connectivity index (χ0n) is 11.0. The first-order chi connectivity index (χ1) is 8.99. The van der Waals surface area contributed by atoms with Crippen LogP contribution >= 0.6 is 11.6 Å². The first-order valence-electron chi connectivity index (χ1n) is 5.78. The molecule has 100 valence electrons. The van der Waals surface area contributed by atoms with Gasteiger partial charge in [0.15, 0.2) is 0 Å². The Hall–Kier alpha value is -1.88. The van der Waals surface area contributed by atoms with E-state index >= 15 is 0 Å². The van der Waals surface area contributed by atoms with E-state index in [1.165, 1.54) is 6.20 Å². The Labute approximate surface area is 116 Å². The number of hydrogen-bond donors (Lipinski definition) is 0. The van der Waals surface area contributed by atoms with Gasteiger partial charge in [-0.05, 0) is 26.0 Å². The van der Waals surface area contributed by atoms with Crippen LogP contribution in [0.25, 0.3) is 0 Å². The van der Waals surface area contributed by atoms with Crippen LogP contribution in [-0.2, 0) is 6.54 Å². The lowest BCUT2D eigenvalue weighted by Crippen LogP contribution is -2.26. The lowest BCUT2D eigenvalue weighted by Gasteiger charge is -2.16. The Bertz CT molecular complexity index is 573. The van der Waals surface area contributed by atoms with Crippen molar-refractivity contribution in [2.24, 2.45) is 0 Å². The van der Waals surface area contributed by atoms with Crippen LogP contribution in [0.5, 0.6) is 0 Å². The van der Waals surface area contributed by atoms with Crippen molar-refractivity contribution in [2.45, 2.75) is 20.4 Å². The number of halogens is 1. The van der Waals surface area contributed by atoms with E-state index in [9.17, 15) is 4.79 Å². The monoisotopic (exact) mass is 279 g/mol. The highest BCUT2D eigenvalue weighted by Gasteiger charge is 2.16. The van der Waals surface area contributed by atoms with Crippen LogP contribution in [0.1, 0.15) is 27.4 Å². The van der Waals surface area contributed by atoms with Crippen LogP contribution in [0.2, 0.25) is 5.15 Å². The van der Waals surface area contributed by atoms with Crippen LogP contribution in [-0.4, -0.2) is 28.0 Å². The first kappa shape index (κ1) is 13.5.